The zero-order valence-corrected chi connectivity index (χ0v) is 18.6. The maximum atomic E-state index is 14.8. The van der Waals surface area contributed by atoms with Crippen molar-refractivity contribution in [2.24, 2.45) is 5.92 Å². The van der Waals surface area contributed by atoms with Gasteiger partial charge in [-0.05, 0) is 56.9 Å². The number of carbonyl (C=O) groups excluding carboxylic acids is 2. The van der Waals surface area contributed by atoms with E-state index in [2.05, 4.69) is 34.4 Å². The molecule has 1 aliphatic carbocycles. The summed E-state index contributed by atoms with van der Waals surface area (Å²) in [7, 11) is 0. The second-order valence-electron chi connectivity index (χ2n) is 8.71. The number of fused-ring (bicyclic) bond motifs is 1. The molecule has 8 heteroatoms. The van der Waals surface area contributed by atoms with E-state index in [1.54, 1.807) is 18.3 Å². The molecule has 0 aliphatic heterocycles. The van der Waals surface area contributed by atoms with E-state index < -0.39 is 5.82 Å². The number of anilines is 1. The van der Waals surface area contributed by atoms with Crippen molar-refractivity contribution in [1.82, 2.24) is 19.9 Å². The Labute approximate surface area is 186 Å². The van der Waals surface area contributed by atoms with Gasteiger partial charge < -0.3 is 15.2 Å². The van der Waals surface area contributed by atoms with E-state index in [1.165, 1.54) is 6.92 Å². The lowest BCUT2D eigenvalue weighted by molar-refractivity contribution is -0.123. The Bertz CT molecular complexity index is 1160. The van der Waals surface area contributed by atoms with Crippen LogP contribution in [-0.2, 0) is 9.59 Å². The van der Waals surface area contributed by atoms with Gasteiger partial charge in [0, 0.05) is 48.3 Å². The highest BCUT2D eigenvalue weighted by atomic mass is 19.1. The number of aromatic nitrogens is 3. The first kappa shape index (κ1) is 21.9. The van der Waals surface area contributed by atoms with Gasteiger partial charge in [-0.1, -0.05) is 6.42 Å². The van der Waals surface area contributed by atoms with Crippen LogP contribution in [0.25, 0.3) is 22.2 Å². The average Bonchev–Trinajstić information content (AvgIpc) is 3.19. The molecule has 1 aliphatic rings. The van der Waals surface area contributed by atoms with Crippen LogP contribution >= 0.6 is 0 Å². The maximum absolute atomic E-state index is 14.8. The van der Waals surface area contributed by atoms with Gasteiger partial charge in [-0.3, -0.25) is 9.59 Å². The number of halogens is 1. The topological polar surface area (TPSA) is 88.9 Å². The molecule has 168 valence electrons. The van der Waals surface area contributed by atoms with Gasteiger partial charge in [-0.15, -0.1) is 0 Å². The van der Waals surface area contributed by atoms with Crippen molar-refractivity contribution in [2.75, 3.05) is 5.32 Å². The highest BCUT2D eigenvalue weighted by molar-refractivity contribution is 5.96. The van der Waals surface area contributed by atoms with Gasteiger partial charge in [0.1, 0.15) is 17.3 Å². The predicted molar refractivity (Wildman–Crippen MR) is 121 cm³/mol. The molecule has 0 aromatic carbocycles. The smallest absolute Gasteiger partial charge is 0.228 e. The normalized spacial score (nSPS) is 18.7. The third kappa shape index (κ3) is 4.49. The third-order valence-corrected chi connectivity index (χ3v) is 6.02. The quantitative estimate of drug-likeness (QED) is 0.617. The molecule has 2 atom stereocenters. The molecule has 0 spiro atoms. The Morgan fingerprint density at radius 1 is 1.19 bits per heavy atom. The number of hydrogen-bond donors (Lipinski definition) is 2. The van der Waals surface area contributed by atoms with Gasteiger partial charge in [0.2, 0.25) is 11.8 Å². The second-order valence-corrected chi connectivity index (χ2v) is 8.71. The minimum atomic E-state index is -0.462. The average molecular weight is 438 g/mol. The first-order valence-corrected chi connectivity index (χ1v) is 11.0. The summed E-state index contributed by atoms with van der Waals surface area (Å²) in [6, 6.07) is 5.51. The SMILES string of the molecule is CC(=O)N[C@@H]1CCC[C@H](C(=O)Nc2cc(-c3ccnc4c3ccn4C(C)C)c(F)cn2)C1. The van der Waals surface area contributed by atoms with Crippen LogP contribution in [0.1, 0.15) is 52.5 Å². The lowest BCUT2D eigenvalue weighted by Gasteiger charge is -2.28. The van der Waals surface area contributed by atoms with Crippen molar-refractivity contribution in [3.63, 3.8) is 0 Å². The van der Waals surface area contributed by atoms with E-state index in [0.717, 1.165) is 36.5 Å². The summed E-state index contributed by atoms with van der Waals surface area (Å²) in [5.74, 6) is -0.618. The zero-order chi connectivity index (χ0) is 22.8. The lowest BCUT2D eigenvalue weighted by Crippen LogP contribution is -2.40. The Hall–Kier alpha value is -3.29. The fourth-order valence-corrected chi connectivity index (χ4v) is 4.50. The molecule has 3 heterocycles. The molecule has 0 unspecified atom stereocenters. The van der Waals surface area contributed by atoms with Crippen molar-refractivity contribution in [1.29, 1.82) is 0 Å². The van der Waals surface area contributed by atoms with Crippen LogP contribution in [0.2, 0.25) is 0 Å². The molecular weight excluding hydrogens is 409 g/mol. The van der Waals surface area contributed by atoms with Crippen LogP contribution in [-0.4, -0.2) is 32.4 Å². The summed E-state index contributed by atoms with van der Waals surface area (Å²) in [6.07, 6.45) is 7.83. The predicted octanol–water partition coefficient (Wildman–Crippen LogP) is 4.45. The zero-order valence-electron chi connectivity index (χ0n) is 18.6. The third-order valence-electron chi connectivity index (χ3n) is 6.02. The van der Waals surface area contributed by atoms with Crippen LogP contribution in [0.3, 0.4) is 0 Å². The van der Waals surface area contributed by atoms with E-state index in [9.17, 15) is 14.0 Å². The van der Waals surface area contributed by atoms with Crippen LogP contribution in [0.4, 0.5) is 10.2 Å². The Kier molecular flexibility index (Phi) is 6.21. The summed E-state index contributed by atoms with van der Waals surface area (Å²) in [5.41, 5.74) is 1.85. The number of nitrogens with one attached hydrogen (secondary N) is 2. The first-order chi connectivity index (χ1) is 15.3. The standard InChI is InChI=1S/C24H28FN5O2/c1-14(2)30-10-8-19-18(7-9-26-23(19)30)20-12-22(27-13-21(20)25)29-24(32)16-5-4-6-17(11-16)28-15(3)31/h7-10,12-14,16-17H,4-6,11H2,1-3H3,(H,28,31)(H,27,29,32)/t16-,17+/m0/s1. The molecule has 1 saturated carbocycles. The van der Waals surface area contributed by atoms with Crippen LogP contribution < -0.4 is 10.6 Å². The van der Waals surface area contributed by atoms with E-state index in [4.69, 9.17) is 0 Å². The van der Waals surface area contributed by atoms with Crippen LogP contribution in [0.5, 0.6) is 0 Å². The molecule has 32 heavy (non-hydrogen) atoms. The van der Waals surface area contributed by atoms with Crippen molar-refractivity contribution >= 4 is 28.7 Å². The van der Waals surface area contributed by atoms with Gasteiger partial charge in [-0.25, -0.2) is 14.4 Å². The summed E-state index contributed by atoms with van der Waals surface area (Å²) in [4.78, 5) is 32.7. The van der Waals surface area contributed by atoms with Crippen molar-refractivity contribution in [3.05, 3.63) is 42.6 Å². The van der Waals surface area contributed by atoms with E-state index >= 15 is 0 Å². The molecule has 3 aromatic rings. The Morgan fingerprint density at radius 2 is 2.00 bits per heavy atom. The molecule has 4 rings (SSSR count). The molecule has 0 saturated heterocycles. The maximum Gasteiger partial charge on any atom is 0.228 e. The van der Waals surface area contributed by atoms with Gasteiger partial charge >= 0.3 is 0 Å². The van der Waals surface area contributed by atoms with Crippen molar-refractivity contribution in [3.8, 4) is 11.1 Å². The number of nitrogens with zero attached hydrogens (tertiary/aromatic N) is 3. The van der Waals surface area contributed by atoms with Crippen molar-refractivity contribution < 1.29 is 14.0 Å². The fraction of sp³-hybridized carbons (Fsp3) is 0.417. The highest BCUT2D eigenvalue weighted by Crippen LogP contribution is 2.32. The fourth-order valence-electron chi connectivity index (χ4n) is 4.50. The molecule has 2 amide bonds. The molecule has 1 fully saturated rings. The van der Waals surface area contributed by atoms with Crippen LogP contribution in [0, 0.1) is 11.7 Å². The number of hydrogen-bond acceptors (Lipinski definition) is 4. The molecular formula is C24H28FN5O2. The summed E-state index contributed by atoms with van der Waals surface area (Å²) in [6.45, 7) is 5.62. The largest absolute Gasteiger partial charge is 0.354 e. The summed E-state index contributed by atoms with van der Waals surface area (Å²) in [5, 5.41) is 6.59. The van der Waals surface area contributed by atoms with E-state index in [-0.39, 0.29) is 29.8 Å². The summed E-state index contributed by atoms with van der Waals surface area (Å²) >= 11 is 0. The number of rotatable bonds is 5. The highest BCUT2D eigenvalue weighted by Gasteiger charge is 2.28. The Balaban J connectivity index is 1.58. The first-order valence-electron chi connectivity index (χ1n) is 11.0. The second kappa shape index (κ2) is 9.06. The van der Waals surface area contributed by atoms with Gasteiger partial charge in [0.25, 0.3) is 0 Å². The van der Waals surface area contributed by atoms with E-state index in [1.807, 2.05) is 16.8 Å². The molecule has 7 nitrogen and oxygen atoms in total. The van der Waals surface area contributed by atoms with Gasteiger partial charge in [-0.2, -0.15) is 0 Å². The summed E-state index contributed by atoms with van der Waals surface area (Å²) < 4.78 is 16.8. The minimum Gasteiger partial charge on any atom is -0.354 e. The number of amides is 2. The van der Waals surface area contributed by atoms with Gasteiger partial charge in [0.15, 0.2) is 0 Å². The van der Waals surface area contributed by atoms with Crippen LogP contribution in [0.15, 0.2) is 36.8 Å². The van der Waals surface area contributed by atoms with Gasteiger partial charge in [0.05, 0.1) is 6.20 Å². The molecule has 2 N–H and O–H groups in total. The Morgan fingerprint density at radius 3 is 2.75 bits per heavy atom. The molecule has 0 bridgehead atoms. The monoisotopic (exact) mass is 437 g/mol. The lowest BCUT2D eigenvalue weighted by atomic mass is 9.85. The van der Waals surface area contributed by atoms with Crippen molar-refractivity contribution in [2.45, 2.75) is 58.5 Å². The number of pyridine rings is 2. The molecule has 0 radical (unpaired) electrons. The van der Waals surface area contributed by atoms with E-state index in [0.29, 0.717) is 23.4 Å². The molecule has 3 aromatic heterocycles. The number of carbonyl (C=O) groups is 2. The minimum absolute atomic E-state index is 0.00355.